The maximum absolute atomic E-state index is 13.5. The van der Waals surface area contributed by atoms with Crippen LogP contribution in [-0.4, -0.2) is 11.5 Å². The highest BCUT2D eigenvalue weighted by molar-refractivity contribution is 5.85. The lowest BCUT2D eigenvalue weighted by molar-refractivity contribution is -0.274. The van der Waals surface area contributed by atoms with Gasteiger partial charge in [0.1, 0.15) is 5.75 Å². The first-order valence-corrected chi connectivity index (χ1v) is 6.60. The van der Waals surface area contributed by atoms with E-state index >= 15 is 0 Å². The molecule has 2 aromatic carbocycles. The highest BCUT2D eigenvalue weighted by Gasteiger charge is 2.37. The van der Waals surface area contributed by atoms with Gasteiger partial charge in [-0.1, -0.05) is 12.1 Å². The van der Waals surface area contributed by atoms with Crippen LogP contribution in [0.3, 0.4) is 0 Å². The molecule has 2 rings (SSSR count). The van der Waals surface area contributed by atoms with Gasteiger partial charge in [-0.15, -0.1) is 25.6 Å². The van der Waals surface area contributed by atoms with Gasteiger partial charge in [0.15, 0.2) is 11.6 Å². The minimum Gasteiger partial charge on any atom is -0.505 e. The Kier molecular flexibility index (Phi) is 6.37. The SMILES string of the molecule is Cl.N[C@@H](c1ccc(OC(F)(F)F)cc1)c1c(C(F)(F)F)ccc(F)c1O. The number of hydrogen-bond donors (Lipinski definition) is 2. The lowest BCUT2D eigenvalue weighted by Gasteiger charge is -2.20. The van der Waals surface area contributed by atoms with E-state index in [2.05, 4.69) is 4.74 Å². The Bertz CT molecular complexity index is 760. The van der Waals surface area contributed by atoms with Crippen molar-refractivity contribution >= 4 is 12.4 Å². The number of alkyl halides is 6. The van der Waals surface area contributed by atoms with E-state index in [0.29, 0.717) is 12.1 Å². The lowest BCUT2D eigenvalue weighted by atomic mass is 9.93. The zero-order chi connectivity index (χ0) is 19.0. The van der Waals surface area contributed by atoms with E-state index in [1.165, 1.54) is 0 Å². The van der Waals surface area contributed by atoms with Gasteiger partial charge in [0.05, 0.1) is 11.6 Å². The van der Waals surface area contributed by atoms with Crippen molar-refractivity contribution < 1.29 is 40.6 Å². The number of phenols is 1. The topological polar surface area (TPSA) is 55.5 Å². The van der Waals surface area contributed by atoms with Gasteiger partial charge in [-0.25, -0.2) is 4.39 Å². The molecule has 0 unspecified atom stereocenters. The molecule has 3 N–H and O–H groups in total. The molecule has 0 heterocycles. The summed E-state index contributed by atoms with van der Waals surface area (Å²) < 4.78 is 92.5. The highest BCUT2D eigenvalue weighted by atomic mass is 35.5. The molecule has 2 aromatic rings. The van der Waals surface area contributed by atoms with Crippen LogP contribution in [0.25, 0.3) is 0 Å². The van der Waals surface area contributed by atoms with Crippen molar-refractivity contribution in [3.05, 3.63) is 58.9 Å². The molecule has 0 saturated heterocycles. The third-order valence-corrected chi connectivity index (χ3v) is 3.26. The number of rotatable bonds is 3. The zero-order valence-corrected chi connectivity index (χ0v) is 13.3. The average molecular weight is 406 g/mol. The van der Waals surface area contributed by atoms with Gasteiger partial charge in [-0.05, 0) is 29.8 Å². The Balaban J connectivity index is 0.00000338. The molecule has 0 fully saturated rings. The van der Waals surface area contributed by atoms with Crippen LogP contribution in [0.4, 0.5) is 30.7 Å². The summed E-state index contributed by atoms with van der Waals surface area (Å²) in [7, 11) is 0. The smallest absolute Gasteiger partial charge is 0.505 e. The van der Waals surface area contributed by atoms with Crippen molar-refractivity contribution in [3.8, 4) is 11.5 Å². The normalized spacial score (nSPS) is 13.1. The molecule has 26 heavy (non-hydrogen) atoms. The maximum Gasteiger partial charge on any atom is 0.573 e. The highest BCUT2D eigenvalue weighted by Crippen LogP contribution is 2.41. The minimum atomic E-state index is -4.94. The van der Waals surface area contributed by atoms with Crippen molar-refractivity contribution in [2.45, 2.75) is 18.6 Å². The first-order chi connectivity index (χ1) is 11.4. The Labute approximate surface area is 148 Å². The number of nitrogens with two attached hydrogens (primary N) is 1. The molecular weight excluding hydrogens is 395 g/mol. The first-order valence-electron chi connectivity index (χ1n) is 6.60. The lowest BCUT2D eigenvalue weighted by Crippen LogP contribution is -2.20. The largest absolute Gasteiger partial charge is 0.573 e. The van der Waals surface area contributed by atoms with Crippen molar-refractivity contribution in [3.63, 3.8) is 0 Å². The second-order valence-corrected chi connectivity index (χ2v) is 4.95. The molecule has 3 nitrogen and oxygen atoms in total. The number of phenolic OH excluding ortho intramolecular Hbond substituents is 1. The molecule has 0 aliphatic rings. The molecule has 1 atom stereocenters. The Morgan fingerprint density at radius 1 is 0.923 bits per heavy atom. The van der Waals surface area contributed by atoms with E-state index in [4.69, 9.17) is 5.73 Å². The molecule has 0 aromatic heterocycles. The molecule has 0 radical (unpaired) electrons. The van der Waals surface area contributed by atoms with Crippen molar-refractivity contribution in [1.29, 1.82) is 0 Å². The summed E-state index contributed by atoms with van der Waals surface area (Å²) in [6.45, 7) is 0. The molecule has 11 heteroatoms. The zero-order valence-electron chi connectivity index (χ0n) is 12.5. The van der Waals surface area contributed by atoms with Crippen LogP contribution in [-0.2, 0) is 6.18 Å². The summed E-state index contributed by atoms with van der Waals surface area (Å²) in [5.41, 5.74) is 3.32. The van der Waals surface area contributed by atoms with Crippen LogP contribution < -0.4 is 10.5 Å². The Morgan fingerprint density at radius 2 is 1.46 bits per heavy atom. The van der Waals surface area contributed by atoms with Gasteiger partial charge in [0, 0.05) is 5.56 Å². The van der Waals surface area contributed by atoms with E-state index < -0.39 is 47.0 Å². The number of ether oxygens (including phenoxy) is 1. The van der Waals surface area contributed by atoms with Crippen LogP contribution in [0, 0.1) is 5.82 Å². The number of aromatic hydroxyl groups is 1. The molecule has 0 aliphatic carbocycles. The molecule has 0 bridgehead atoms. The fourth-order valence-corrected chi connectivity index (χ4v) is 2.19. The fourth-order valence-electron chi connectivity index (χ4n) is 2.19. The van der Waals surface area contributed by atoms with Crippen LogP contribution >= 0.6 is 12.4 Å². The van der Waals surface area contributed by atoms with Crippen LogP contribution in [0.2, 0.25) is 0 Å². The summed E-state index contributed by atoms with van der Waals surface area (Å²) in [4.78, 5) is 0. The van der Waals surface area contributed by atoms with Gasteiger partial charge in [-0.2, -0.15) is 13.2 Å². The number of hydrogen-bond acceptors (Lipinski definition) is 3. The fraction of sp³-hybridized carbons (Fsp3) is 0.200. The van der Waals surface area contributed by atoms with E-state index in [9.17, 15) is 35.8 Å². The predicted octanol–water partition coefficient (Wildman–Crippen LogP) is 4.92. The summed E-state index contributed by atoms with van der Waals surface area (Å²) in [6, 6.07) is 2.87. The third kappa shape index (κ3) is 4.92. The Hall–Kier alpha value is -2.20. The molecule has 0 amide bonds. The average Bonchev–Trinajstić information content (AvgIpc) is 2.47. The molecule has 0 saturated carbocycles. The monoisotopic (exact) mass is 405 g/mol. The van der Waals surface area contributed by atoms with Gasteiger partial charge in [0.25, 0.3) is 0 Å². The molecular formula is C15H11ClF7NO2. The number of halogens is 8. The van der Waals surface area contributed by atoms with Crippen molar-refractivity contribution in [2.75, 3.05) is 0 Å². The van der Waals surface area contributed by atoms with E-state index in [0.717, 1.165) is 24.3 Å². The summed E-state index contributed by atoms with van der Waals surface area (Å²) in [5.74, 6) is -3.20. The quantitative estimate of drug-likeness (QED) is 0.713. The molecule has 0 aliphatic heterocycles. The molecule has 0 spiro atoms. The second kappa shape index (κ2) is 7.58. The Morgan fingerprint density at radius 3 is 1.92 bits per heavy atom. The van der Waals surface area contributed by atoms with Crippen LogP contribution in [0.5, 0.6) is 11.5 Å². The summed E-state index contributed by atoms with van der Waals surface area (Å²) in [6.07, 6.45) is -9.86. The van der Waals surface area contributed by atoms with Gasteiger partial charge >= 0.3 is 12.5 Å². The van der Waals surface area contributed by atoms with Gasteiger partial charge in [-0.3, -0.25) is 0 Å². The maximum atomic E-state index is 13.5. The van der Waals surface area contributed by atoms with Crippen molar-refractivity contribution in [1.82, 2.24) is 0 Å². The van der Waals surface area contributed by atoms with E-state index in [-0.39, 0.29) is 18.0 Å². The molecule has 144 valence electrons. The van der Waals surface area contributed by atoms with E-state index in [1.54, 1.807) is 0 Å². The third-order valence-electron chi connectivity index (χ3n) is 3.26. The first kappa shape index (κ1) is 21.8. The summed E-state index contributed by atoms with van der Waals surface area (Å²) >= 11 is 0. The minimum absolute atomic E-state index is 0. The summed E-state index contributed by atoms with van der Waals surface area (Å²) in [5, 5.41) is 9.65. The van der Waals surface area contributed by atoms with Crippen LogP contribution in [0.1, 0.15) is 22.7 Å². The van der Waals surface area contributed by atoms with Gasteiger partial charge in [0.2, 0.25) is 0 Å². The van der Waals surface area contributed by atoms with Crippen molar-refractivity contribution in [2.24, 2.45) is 5.73 Å². The second-order valence-electron chi connectivity index (χ2n) is 4.95. The van der Waals surface area contributed by atoms with Crippen LogP contribution in [0.15, 0.2) is 36.4 Å². The van der Waals surface area contributed by atoms with E-state index in [1.807, 2.05) is 0 Å². The standard InChI is InChI=1S/C15H10F7NO2.ClH/c16-10-6-5-9(14(17,18)19)11(13(10)24)12(23)7-1-3-8(4-2-7)25-15(20,21)22;/h1-6,12,24H,23H2;1H/t12-;/m0./s1. The predicted molar refractivity (Wildman–Crippen MR) is 79.5 cm³/mol. The number of benzene rings is 2. The van der Waals surface area contributed by atoms with Gasteiger partial charge < -0.3 is 15.6 Å².